The summed E-state index contributed by atoms with van der Waals surface area (Å²) in [5.74, 6) is -1.06. The summed E-state index contributed by atoms with van der Waals surface area (Å²) in [5.41, 5.74) is 0.180. The minimum atomic E-state index is -4.79. The van der Waals surface area contributed by atoms with E-state index in [2.05, 4.69) is 15.3 Å². The van der Waals surface area contributed by atoms with Crippen molar-refractivity contribution in [1.29, 1.82) is 0 Å². The van der Waals surface area contributed by atoms with Crippen molar-refractivity contribution in [2.45, 2.75) is 12.6 Å². The van der Waals surface area contributed by atoms with Crippen molar-refractivity contribution in [2.24, 2.45) is 0 Å². The first kappa shape index (κ1) is 19.4. The van der Waals surface area contributed by atoms with Crippen LogP contribution in [0.25, 0.3) is 0 Å². The van der Waals surface area contributed by atoms with Crippen LogP contribution < -0.4 is 5.32 Å². The van der Waals surface area contributed by atoms with E-state index in [9.17, 15) is 17.6 Å². The van der Waals surface area contributed by atoms with Gasteiger partial charge in [0, 0.05) is 18.2 Å². The van der Waals surface area contributed by atoms with Gasteiger partial charge in [-0.25, -0.2) is 14.4 Å². The molecule has 0 bridgehead atoms. The number of nitrogens with zero attached hydrogens (tertiary/aromatic N) is 2. The fourth-order valence-corrected chi connectivity index (χ4v) is 2.71. The van der Waals surface area contributed by atoms with E-state index in [-0.39, 0.29) is 11.5 Å². The third-order valence-electron chi connectivity index (χ3n) is 3.64. The lowest BCUT2D eigenvalue weighted by Crippen LogP contribution is -2.09. The van der Waals surface area contributed by atoms with Gasteiger partial charge in [-0.3, -0.25) is 0 Å². The van der Waals surface area contributed by atoms with Crippen molar-refractivity contribution >= 4 is 34.7 Å². The molecule has 0 aliphatic carbocycles. The Kier molecular flexibility index (Phi) is 5.53. The summed E-state index contributed by atoms with van der Waals surface area (Å²) in [5, 5.41) is 3.57. The summed E-state index contributed by atoms with van der Waals surface area (Å²) in [6, 6.07) is 9.38. The van der Waals surface area contributed by atoms with Gasteiger partial charge in [-0.2, -0.15) is 13.2 Å². The Balaban J connectivity index is 1.81. The second-order valence-corrected chi connectivity index (χ2v) is 6.45. The molecule has 0 unspecified atom stereocenters. The SMILES string of the molecule is Fc1ccc(Nc2cc(Cc3ccc(Cl)c(Cl)c3)ncn2)cc1C(F)(F)F. The molecule has 0 saturated heterocycles. The van der Waals surface area contributed by atoms with Crippen molar-refractivity contribution in [3.63, 3.8) is 0 Å². The Morgan fingerprint density at radius 1 is 0.926 bits per heavy atom. The Labute approximate surface area is 162 Å². The van der Waals surface area contributed by atoms with Crippen molar-refractivity contribution in [1.82, 2.24) is 9.97 Å². The van der Waals surface area contributed by atoms with Gasteiger partial charge in [-0.1, -0.05) is 29.3 Å². The molecule has 9 heteroatoms. The highest BCUT2D eigenvalue weighted by Crippen LogP contribution is 2.33. The van der Waals surface area contributed by atoms with E-state index in [1.54, 1.807) is 24.3 Å². The molecule has 0 aliphatic heterocycles. The lowest BCUT2D eigenvalue weighted by molar-refractivity contribution is -0.139. The van der Waals surface area contributed by atoms with Crippen molar-refractivity contribution < 1.29 is 17.6 Å². The van der Waals surface area contributed by atoms with Gasteiger partial charge in [0.2, 0.25) is 0 Å². The first-order valence-electron chi connectivity index (χ1n) is 7.61. The zero-order valence-electron chi connectivity index (χ0n) is 13.5. The first-order chi connectivity index (χ1) is 12.7. The minimum Gasteiger partial charge on any atom is -0.340 e. The fourth-order valence-electron chi connectivity index (χ4n) is 2.39. The van der Waals surface area contributed by atoms with E-state index in [0.29, 0.717) is 28.2 Å². The maximum Gasteiger partial charge on any atom is 0.419 e. The number of halogens is 6. The molecule has 0 spiro atoms. The van der Waals surface area contributed by atoms with Gasteiger partial charge in [0.15, 0.2) is 0 Å². The summed E-state index contributed by atoms with van der Waals surface area (Å²) in [4.78, 5) is 8.11. The summed E-state index contributed by atoms with van der Waals surface area (Å²) in [6.45, 7) is 0. The highest BCUT2D eigenvalue weighted by atomic mass is 35.5. The third-order valence-corrected chi connectivity index (χ3v) is 4.38. The van der Waals surface area contributed by atoms with Crippen molar-refractivity contribution in [3.8, 4) is 0 Å². The smallest absolute Gasteiger partial charge is 0.340 e. The van der Waals surface area contributed by atoms with Crippen LogP contribution >= 0.6 is 23.2 Å². The van der Waals surface area contributed by atoms with Crippen LogP contribution in [-0.4, -0.2) is 9.97 Å². The molecule has 1 aromatic heterocycles. The Morgan fingerprint density at radius 3 is 2.41 bits per heavy atom. The second kappa shape index (κ2) is 7.70. The van der Waals surface area contributed by atoms with E-state index in [1.165, 1.54) is 12.4 Å². The number of hydrogen-bond donors (Lipinski definition) is 1. The van der Waals surface area contributed by atoms with Gasteiger partial charge in [0.25, 0.3) is 0 Å². The predicted octanol–water partition coefficient (Wildman–Crippen LogP) is 6.28. The van der Waals surface area contributed by atoms with E-state index in [0.717, 1.165) is 11.6 Å². The Hall–Kier alpha value is -2.38. The number of anilines is 2. The largest absolute Gasteiger partial charge is 0.419 e. The molecule has 3 rings (SSSR count). The van der Waals surface area contributed by atoms with Crippen molar-refractivity contribution in [3.05, 3.63) is 81.5 Å². The predicted molar refractivity (Wildman–Crippen MR) is 96.0 cm³/mol. The molecule has 140 valence electrons. The summed E-state index contributed by atoms with van der Waals surface area (Å²) >= 11 is 11.9. The molecule has 0 amide bonds. The van der Waals surface area contributed by atoms with Gasteiger partial charge in [-0.05, 0) is 35.9 Å². The molecular formula is C18H11Cl2F4N3. The number of nitrogens with one attached hydrogen (secondary N) is 1. The zero-order valence-corrected chi connectivity index (χ0v) is 15.0. The summed E-state index contributed by atoms with van der Waals surface area (Å²) in [7, 11) is 0. The van der Waals surface area contributed by atoms with E-state index >= 15 is 0 Å². The normalized spacial score (nSPS) is 11.5. The fraction of sp³-hybridized carbons (Fsp3) is 0.111. The van der Waals surface area contributed by atoms with Crippen LogP contribution in [0.15, 0.2) is 48.8 Å². The van der Waals surface area contributed by atoms with Gasteiger partial charge < -0.3 is 5.32 Å². The van der Waals surface area contributed by atoms with Crippen LogP contribution in [0.2, 0.25) is 10.0 Å². The number of benzene rings is 2. The zero-order chi connectivity index (χ0) is 19.6. The van der Waals surface area contributed by atoms with Gasteiger partial charge in [-0.15, -0.1) is 0 Å². The highest BCUT2D eigenvalue weighted by molar-refractivity contribution is 6.42. The Morgan fingerprint density at radius 2 is 1.70 bits per heavy atom. The molecule has 0 atom stereocenters. The summed E-state index contributed by atoms with van der Waals surface area (Å²) in [6.07, 6.45) is -3.08. The molecular weight excluding hydrogens is 405 g/mol. The highest BCUT2D eigenvalue weighted by Gasteiger charge is 2.34. The Bertz CT molecular complexity index is 977. The average Bonchev–Trinajstić information content (AvgIpc) is 2.59. The lowest BCUT2D eigenvalue weighted by atomic mass is 10.1. The van der Waals surface area contributed by atoms with Crippen LogP contribution in [0, 0.1) is 5.82 Å². The van der Waals surface area contributed by atoms with Crippen LogP contribution in [-0.2, 0) is 12.6 Å². The van der Waals surface area contributed by atoms with E-state index < -0.39 is 17.6 Å². The number of hydrogen-bond acceptors (Lipinski definition) is 3. The lowest BCUT2D eigenvalue weighted by Gasteiger charge is -2.12. The number of rotatable bonds is 4. The molecule has 0 radical (unpaired) electrons. The standard InChI is InChI=1S/C18H11Cl2F4N3/c19-14-3-1-10(6-15(14)20)5-12-8-17(26-9-25-12)27-11-2-4-16(21)13(7-11)18(22,23)24/h1-4,6-9H,5H2,(H,25,26,27). The monoisotopic (exact) mass is 415 g/mol. The minimum absolute atomic E-state index is 0.0583. The molecule has 27 heavy (non-hydrogen) atoms. The molecule has 1 heterocycles. The molecule has 0 fully saturated rings. The molecule has 2 aromatic carbocycles. The quantitative estimate of drug-likeness (QED) is 0.509. The maximum atomic E-state index is 13.4. The van der Waals surface area contributed by atoms with Crippen LogP contribution in [0.1, 0.15) is 16.8 Å². The molecule has 0 aliphatic rings. The molecule has 0 saturated carbocycles. The van der Waals surface area contributed by atoms with E-state index in [1.807, 2.05) is 0 Å². The second-order valence-electron chi connectivity index (χ2n) is 5.64. The summed E-state index contributed by atoms with van der Waals surface area (Å²) < 4.78 is 51.8. The molecule has 3 aromatic rings. The van der Waals surface area contributed by atoms with Crippen LogP contribution in [0.5, 0.6) is 0 Å². The van der Waals surface area contributed by atoms with Gasteiger partial charge >= 0.3 is 6.18 Å². The van der Waals surface area contributed by atoms with E-state index in [4.69, 9.17) is 23.2 Å². The topological polar surface area (TPSA) is 37.8 Å². The molecule has 1 N–H and O–H groups in total. The average molecular weight is 416 g/mol. The van der Waals surface area contributed by atoms with Crippen LogP contribution in [0.4, 0.5) is 29.1 Å². The number of aromatic nitrogens is 2. The van der Waals surface area contributed by atoms with Gasteiger partial charge in [0.05, 0.1) is 21.3 Å². The number of alkyl halides is 3. The van der Waals surface area contributed by atoms with Crippen molar-refractivity contribution in [2.75, 3.05) is 5.32 Å². The van der Waals surface area contributed by atoms with Crippen LogP contribution in [0.3, 0.4) is 0 Å². The van der Waals surface area contributed by atoms with Gasteiger partial charge in [0.1, 0.15) is 18.0 Å². The first-order valence-corrected chi connectivity index (χ1v) is 8.36. The third kappa shape index (κ3) is 4.87. The molecule has 3 nitrogen and oxygen atoms in total. The maximum absolute atomic E-state index is 13.4.